The summed E-state index contributed by atoms with van der Waals surface area (Å²) in [4.78, 5) is 12.9. The van der Waals surface area contributed by atoms with E-state index in [1.54, 1.807) is 6.07 Å². The summed E-state index contributed by atoms with van der Waals surface area (Å²) in [7, 11) is 4.45. The van der Waals surface area contributed by atoms with Gasteiger partial charge in [0.2, 0.25) is 5.75 Å². The number of aliphatic hydroxyl groups excluding tert-OH is 1. The van der Waals surface area contributed by atoms with E-state index < -0.39 is 11.9 Å². The maximum atomic E-state index is 12.9. The first-order valence-corrected chi connectivity index (χ1v) is 9.13. The van der Waals surface area contributed by atoms with Crippen LogP contribution < -0.4 is 18.9 Å². The highest BCUT2D eigenvalue weighted by atomic mass is 16.5. The van der Waals surface area contributed by atoms with Crippen LogP contribution in [0.1, 0.15) is 47.9 Å². The average Bonchev–Trinajstić information content (AvgIpc) is 2.70. The number of aliphatic hydroxyl groups is 1. The molecular weight excluding hydrogens is 360 g/mol. The molecule has 1 unspecified atom stereocenters. The summed E-state index contributed by atoms with van der Waals surface area (Å²) in [6, 6.07) is 8.46. The van der Waals surface area contributed by atoms with Gasteiger partial charge in [-0.2, -0.15) is 0 Å². The number of carbonyl (C=O) groups excluding carboxylic acids is 1. The van der Waals surface area contributed by atoms with Crippen molar-refractivity contribution in [3.63, 3.8) is 0 Å². The smallest absolute Gasteiger partial charge is 0.203 e. The van der Waals surface area contributed by atoms with Gasteiger partial charge in [0.25, 0.3) is 0 Å². The molecule has 2 aromatic carbocycles. The number of ether oxygens (including phenoxy) is 4. The third-order valence-corrected chi connectivity index (χ3v) is 4.98. The number of ketones is 1. The van der Waals surface area contributed by atoms with Crippen molar-refractivity contribution >= 4 is 5.78 Å². The third-order valence-electron chi connectivity index (χ3n) is 4.98. The molecule has 1 atom stereocenters. The molecule has 0 aliphatic carbocycles. The van der Waals surface area contributed by atoms with Crippen LogP contribution in [-0.2, 0) is 6.42 Å². The molecule has 0 saturated carbocycles. The normalized spacial score (nSPS) is 15.8. The summed E-state index contributed by atoms with van der Waals surface area (Å²) < 4.78 is 21.8. The first-order valence-electron chi connectivity index (χ1n) is 9.13. The molecule has 0 saturated heterocycles. The van der Waals surface area contributed by atoms with E-state index in [4.69, 9.17) is 18.9 Å². The molecular formula is C22H26O6. The first-order chi connectivity index (χ1) is 13.3. The Morgan fingerprint density at radius 3 is 2.29 bits per heavy atom. The molecule has 3 rings (SSSR count). The van der Waals surface area contributed by atoms with Crippen LogP contribution in [-0.4, -0.2) is 37.8 Å². The predicted molar refractivity (Wildman–Crippen MR) is 105 cm³/mol. The summed E-state index contributed by atoms with van der Waals surface area (Å²) in [6.07, 6.45) is 0.407. The molecule has 0 amide bonds. The minimum atomic E-state index is -1.30. The number of fused-ring (bicyclic) bond motifs is 1. The number of hydrogen-bond donors (Lipinski definition) is 1. The Morgan fingerprint density at radius 2 is 1.71 bits per heavy atom. The van der Waals surface area contributed by atoms with E-state index in [0.29, 0.717) is 22.8 Å². The topological polar surface area (TPSA) is 74.2 Å². The molecule has 28 heavy (non-hydrogen) atoms. The van der Waals surface area contributed by atoms with Gasteiger partial charge in [0.05, 0.1) is 21.3 Å². The molecule has 1 aliphatic heterocycles. The van der Waals surface area contributed by atoms with Gasteiger partial charge in [0.15, 0.2) is 17.3 Å². The monoisotopic (exact) mass is 386 g/mol. The number of methoxy groups -OCH3 is 3. The van der Waals surface area contributed by atoms with Gasteiger partial charge in [0, 0.05) is 5.56 Å². The maximum absolute atomic E-state index is 12.9. The number of Topliss-reactive ketones (excluding diaryl/α,β-unsaturated/α-hetero) is 1. The van der Waals surface area contributed by atoms with Crippen LogP contribution in [0.3, 0.4) is 0 Å². The highest BCUT2D eigenvalue weighted by molar-refractivity contribution is 6.01. The van der Waals surface area contributed by atoms with Crippen LogP contribution in [0.4, 0.5) is 0 Å². The zero-order chi connectivity index (χ0) is 20.5. The molecule has 1 aliphatic rings. The van der Waals surface area contributed by atoms with Gasteiger partial charge in [-0.1, -0.05) is 6.07 Å². The van der Waals surface area contributed by atoms with Crippen molar-refractivity contribution in [2.45, 2.75) is 38.4 Å². The van der Waals surface area contributed by atoms with Crippen molar-refractivity contribution < 1.29 is 28.8 Å². The van der Waals surface area contributed by atoms with Crippen LogP contribution in [0.5, 0.6) is 23.0 Å². The molecule has 1 N–H and O–H groups in total. The van der Waals surface area contributed by atoms with E-state index in [9.17, 15) is 9.90 Å². The number of benzene rings is 2. The number of hydrogen-bond acceptors (Lipinski definition) is 6. The van der Waals surface area contributed by atoms with Crippen molar-refractivity contribution in [1.29, 1.82) is 0 Å². The van der Waals surface area contributed by atoms with Crippen molar-refractivity contribution in [2.24, 2.45) is 0 Å². The fourth-order valence-corrected chi connectivity index (χ4v) is 3.38. The first kappa shape index (κ1) is 20.0. The SMILES string of the molecule is COc1cc(C(=O)C(O)c2ccc3c(c2)CCC(C)(C)O3)cc(OC)c1OC. The van der Waals surface area contributed by atoms with Crippen LogP contribution in [0.25, 0.3) is 0 Å². The average molecular weight is 386 g/mol. The Labute approximate surface area is 165 Å². The molecule has 2 aromatic rings. The summed E-state index contributed by atoms with van der Waals surface area (Å²) >= 11 is 0. The third kappa shape index (κ3) is 3.78. The van der Waals surface area contributed by atoms with Crippen LogP contribution in [0, 0.1) is 0 Å². The van der Waals surface area contributed by atoms with Gasteiger partial charge in [-0.25, -0.2) is 0 Å². The zero-order valence-corrected chi connectivity index (χ0v) is 16.9. The lowest BCUT2D eigenvalue weighted by molar-refractivity contribution is 0.0739. The Kier molecular flexibility index (Phi) is 5.52. The van der Waals surface area contributed by atoms with Gasteiger partial charge < -0.3 is 24.1 Å². The summed E-state index contributed by atoms with van der Waals surface area (Å²) in [5.41, 5.74) is 1.59. The highest BCUT2D eigenvalue weighted by Crippen LogP contribution is 2.40. The van der Waals surface area contributed by atoms with Gasteiger partial charge in [0.1, 0.15) is 17.5 Å². The molecule has 0 aromatic heterocycles. The summed E-state index contributed by atoms with van der Waals surface area (Å²) in [6.45, 7) is 4.10. The molecule has 6 nitrogen and oxygen atoms in total. The lowest BCUT2D eigenvalue weighted by atomic mass is 9.91. The van der Waals surface area contributed by atoms with E-state index in [-0.39, 0.29) is 11.2 Å². The van der Waals surface area contributed by atoms with E-state index >= 15 is 0 Å². The van der Waals surface area contributed by atoms with Crippen molar-refractivity contribution in [3.8, 4) is 23.0 Å². The van der Waals surface area contributed by atoms with E-state index in [1.807, 2.05) is 26.0 Å². The quantitative estimate of drug-likeness (QED) is 0.763. The fourth-order valence-electron chi connectivity index (χ4n) is 3.38. The summed E-state index contributed by atoms with van der Waals surface area (Å²) in [5.74, 6) is 1.46. The molecule has 0 fully saturated rings. The highest BCUT2D eigenvalue weighted by Gasteiger charge is 2.28. The minimum Gasteiger partial charge on any atom is -0.493 e. The van der Waals surface area contributed by atoms with Crippen LogP contribution in [0.2, 0.25) is 0 Å². The summed E-state index contributed by atoms with van der Waals surface area (Å²) in [5, 5.41) is 10.7. The van der Waals surface area contributed by atoms with Crippen molar-refractivity contribution in [3.05, 3.63) is 47.0 Å². The molecule has 0 radical (unpaired) electrons. The molecule has 6 heteroatoms. The van der Waals surface area contributed by atoms with Gasteiger partial charge >= 0.3 is 0 Å². The van der Waals surface area contributed by atoms with E-state index in [0.717, 1.165) is 24.2 Å². The second kappa shape index (κ2) is 7.72. The van der Waals surface area contributed by atoms with Crippen LogP contribution >= 0.6 is 0 Å². The van der Waals surface area contributed by atoms with Crippen LogP contribution in [0.15, 0.2) is 30.3 Å². The van der Waals surface area contributed by atoms with Crippen molar-refractivity contribution in [2.75, 3.05) is 21.3 Å². The predicted octanol–water partition coefficient (Wildman–Crippen LogP) is 3.73. The van der Waals surface area contributed by atoms with Crippen molar-refractivity contribution in [1.82, 2.24) is 0 Å². The fraction of sp³-hybridized carbons (Fsp3) is 0.409. The van der Waals surface area contributed by atoms with Gasteiger partial charge in [-0.3, -0.25) is 4.79 Å². The second-order valence-electron chi connectivity index (χ2n) is 7.41. The van der Waals surface area contributed by atoms with E-state index in [2.05, 4.69) is 0 Å². The lowest BCUT2D eigenvalue weighted by Gasteiger charge is -2.33. The second-order valence-corrected chi connectivity index (χ2v) is 7.41. The standard InChI is InChI=1S/C22H26O6/c1-22(2)9-8-13-10-14(6-7-16(13)28-22)19(23)20(24)15-11-17(25-3)21(27-5)18(12-15)26-4/h6-7,10-12,19,23H,8-9H2,1-5H3. The minimum absolute atomic E-state index is 0.209. The number of aryl methyl sites for hydroxylation is 1. The van der Waals surface area contributed by atoms with Gasteiger partial charge in [-0.15, -0.1) is 0 Å². The Hall–Kier alpha value is -2.73. The Morgan fingerprint density at radius 1 is 1.07 bits per heavy atom. The van der Waals surface area contributed by atoms with E-state index in [1.165, 1.54) is 33.5 Å². The zero-order valence-electron chi connectivity index (χ0n) is 16.9. The molecule has 1 heterocycles. The lowest BCUT2D eigenvalue weighted by Crippen LogP contribution is -2.32. The van der Waals surface area contributed by atoms with Gasteiger partial charge in [-0.05, 0) is 62.1 Å². The number of rotatable bonds is 6. The maximum Gasteiger partial charge on any atom is 0.203 e. The molecule has 150 valence electrons. The Balaban J connectivity index is 1.91. The largest absolute Gasteiger partial charge is 0.493 e. The molecule has 0 bridgehead atoms. The number of carbonyl (C=O) groups is 1. The Bertz CT molecular complexity index is 862. The molecule has 0 spiro atoms.